The number of fused-ring (bicyclic) bond motifs is 1. The molecule has 1 aromatic carbocycles. The van der Waals surface area contributed by atoms with E-state index in [1.165, 1.54) is 19.2 Å². The number of alkyl halides is 3. The predicted molar refractivity (Wildman–Crippen MR) is 112 cm³/mol. The van der Waals surface area contributed by atoms with Crippen LogP contribution in [0.15, 0.2) is 30.6 Å². The molecule has 6 rings (SSSR count). The molecule has 2 atom stereocenters. The number of carbonyl (C=O) groups excluding carboxylic acids is 2. The number of hydrogen-bond acceptors (Lipinski definition) is 6. The molecule has 1 aromatic heterocycles. The third-order valence-corrected chi connectivity index (χ3v) is 6.66. The van der Waals surface area contributed by atoms with Gasteiger partial charge >= 0.3 is 6.36 Å². The van der Waals surface area contributed by atoms with Gasteiger partial charge in [0.2, 0.25) is 0 Å². The highest BCUT2D eigenvalue weighted by molar-refractivity contribution is 6.31. The molecule has 182 valence electrons. The number of Topliss-reactive ketones (excluding diaryl/α,β-unsaturated/α-hetero) is 1. The molecule has 3 fully saturated rings. The van der Waals surface area contributed by atoms with E-state index in [1.54, 1.807) is 23.0 Å². The summed E-state index contributed by atoms with van der Waals surface area (Å²) in [5.41, 5.74) is -0.283. The van der Waals surface area contributed by atoms with Crippen LogP contribution in [0.2, 0.25) is 5.02 Å². The Labute approximate surface area is 197 Å². The number of ketones is 1. The van der Waals surface area contributed by atoms with E-state index in [1.807, 2.05) is 0 Å². The largest absolute Gasteiger partial charge is 0.522 e. The highest BCUT2D eigenvalue weighted by Gasteiger charge is 2.70. The molecule has 1 aliphatic heterocycles. The lowest BCUT2D eigenvalue weighted by Gasteiger charge is -2.70. The molecular formula is C22H21ClF3N3O5. The fourth-order valence-electron chi connectivity index (χ4n) is 5.00. The van der Waals surface area contributed by atoms with Crippen molar-refractivity contribution in [1.82, 2.24) is 15.1 Å². The van der Waals surface area contributed by atoms with Gasteiger partial charge in [0.25, 0.3) is 5.91 Å². The number of aromatic nitrogens is 2. The van der Waals surface area contributed by atoms with Gasteiger partial charge in [-0.3, -0.25) is 19.0 Å². The van der Waals surface area contributed by atoms with Gasteiger partial charge in [-0.15, -0.1) is 13.2 Å². The van der Waals surface area contributed by atoms with Crippen LogP contribution in [0.25, 0.3) is 0 Å². The van der Waals surface area contributed by atoms with Crippen molar-refractivity contribution in [2.75, 3.05) is 6.61 Å². The van der Waals surface area contributed by atoms with Gasteiger partial charge in [0.1, 0.15) is 11.9 Å². The number of carbonyl (C=O) groups is 2. The third kappa shape index (κ3) is 4.22. The van der Waals surface area contributed by atoms with Gasteiger partial charge in [-0.25, -0.2) is 0 Å². The Balaban J connectivity index is 1.14. The lowest BCUT2D eigenvalue weighted by atomic mass is 9.44. The molecular weight excluding hydrogens is 479 g/mol. The van der Waals surface area contributed by atoms with Crippen molar-refractivity contribution in [1.29, 1.82) is 0 Å². The first kappa shape index (κ1) is 23.0. The molecule has 2 bridgehead atoms. The van der Waals surface area contributed by atoms with Gasteiger partial charge in [-0.05, 0) is 44.4 Å². The smallest absolute Gasteiger partial charge is 0.485 e. The number of hydrogen-bond donors (Lipinski definition) is 1. The second-order valence-electron chi connectivity index (χ2n) is 9.20. The number of benzene rings is 1. The molecule has 0 spiro atoms. The number of nitrogens with zero attached hydrogens (tertiary/aromatic N) is 2. The molecule has 3 aliphatic carbocycles. The first-order chi connectivity index (χ1) is 16.0. The Morgan fingerprint density at radius 2 is 2.12 bits per heavy atom. The summed E-state index contributed by atoms with van der Waals surface area (Å²) < 4.78 is 53.2. The minimum atomic E-state index is -4.71. The molecule has 4 aliphatic rings. The Bertz CT molecular complexity index is 1130. The Morgan fingerprint density at radius 3 is 2.82 bits per heavy atom. The zero-order valence-corrected chi connectivity index (χ0v) is 18.8. The number of ether oxygens (including phenoxy) is 3. The topological polar surface area (TPSA) is 91.7 Å². The van der Waals surface area contributed by atoms with E-state index in [0.29, 0.717) is 41.3 Å². The maximum Gasteiger partial charge on any atom is 0.522 e. The van der Waals surface area contributed by atoms with E-state index in [-0.39, 0.29) is 29.2 Å². The highest BCUT2D eigenvalue weighted by Crippen LogP contribution is 2.65. The highest BCUT2D eigenvalue weighted by atomic mass is 35.5. The average molecular weight is 500 g/mol. The summed E-state index contributed by atoms with van der Waals surface area (Å²) in [7, 11) is 0. The van der Waals surface area contributed by atoms with Crippen LogP contribution in [0.3, 0.4) is 0 Å². The van der Waals surface area contributed by atoms with Crippen molar-refractivity contribution in [3.8, 4) is 11.5 Å². The molecule has 2 aromatic rings. The van der Waals surface area contributed by atoms with Crippen molar-refractivity contribution in [2.24, 2.45) is 0 Å². The molecule has 0 unspecified atom stereocenters. The standard InChI is InChI=1S/C22H21ClF3N3O5/c1-12(8-32-22(24,25)26)33-14-6-27-29(7-14)21-9-20(10-21,11-21)28-19(31)18-5-16(30)15-4-13(23)2-3-17(15)34-18/h2-4,6-7,12,18H,5,8-11H2,1H3,(H,28,31)/t12-,18+,20?,21?/m0/s1. The lowest BCUT2D eigenvalue weighted by molar-refractivity contribution is -0.329. The summed E-state index contributed by atoms with van der Waals surface area (Å²) in [5, 5.41) is 7.73. The van der Waals surface area contributed by atoms with Crippen molar-refractivity contribution < 1.29 is 37.0 Å². The first-order valence-electron chi connectivity index (χ1n) is 10.7. The van der Waals surface area contributed by atoms with Gasteiger partial charge in [-0.2, -0.15) is 5.10 Å². The summed E-state index contributed by atoms with van der Waals surface area (Å²) in [6.45, 7) is 0.845. The number of halogens is 4. The second-order valence-corrected chi connectivity index (χ2v) is 9.64. The maximum atomic E-state index is 12.8. The lowest BCUT2D eigenvalue weighted by Crippen LogP contribution is -2.79. The number of nitrogens with one attached hydrogen (secondary N) is 1. The minimum absolute atomic E-state index is 0.0590. The summed E-state index contributed by atoms with van der Waals surface area (Å²) in [5.74, 6) is 0.143. The molecule has 1 amide bonds. The molecule has 1 N–H and O–H groups in total. The third-order valence-electron chi connectivity index (χ3n) is 6.43. The van der Waals surface area contributed by atoms with Crippen LogP contribution >= 0.6 is 11.6 Å². The van der Waals surface area contributed by atoms with Crippen LogP contribution < -0.4 is 14.8 Å². The SMILES string of the molecule is C[C@@H](COC(F)(F)F)Oc1cnn(C23CC(NC(=O)[C@H]4CC(=O)c5cc(Cl)ccc5O4)(C2)C3)c1. The van der Waals surface area contributed by atoms with Crippen molar-refractivity contribution in [3.63, 3.8) is 0 Å². The van der Waals surface area contributed by atoms with Crippen LogP contribution in [-0.2, 0) is 15.1 Å². The summed E-state index contributed by atoms with van der Waals surface area (Å²) in [4.78, 5) is 25.2. The van der Waals surface area contributed by atoms with E-state index >= 15 is 0 Å². The van der Waals surface area contributed by atoms with Crippen molar-refractivity contribution in [3.05, 3.63) is 41.2 Å². The average Bonchev–Trinajstić information content (AvgIpc) is 3.15. The zero-order chi connectivity index (χ0) is 24.3. The van der Waals surface area contributed by atoms with Crippen LogP contribution in [0, 0.1) is 0 Å². The van der Waals surface area contributed by atoms with Crippen LogP contribution in [0.4, 0.5) is 13.2 Å². The Hall–Kier alpha value is -2.79. The van der Waals surface area contributed by atoms with Gasteiger partial charge in [0.15, 0.2) is 17.6 Å². The monoisotopic (exact) mass is 499 g/mol. The van der Waals surface area contributed by atoms with Crippen molar-refractivity contribution in [2.45, 2.75) is 62.3 Å². The molecule has 8 nitrogen and oxygen atoms in total. The fraction of sp³-hybridized carbons (Fsp3) is 0.500. The number of amides is 1. The van der Waals surface area contributed by atoms with Gasteiger partial charge in [0.05, 0.1) is 36.5 Å². The Kier molecular flexibility index (Phi) is 5.32. The van der Waals surface area contributed by atoms with Crippen LogP contribution in [0.1, 0.15) is 43.0 Å². The van der Waals surface area contributed by atoms with E-state index in [9.17, 15) is 22.8 Å². The predicted octanol–water partition coefficient (Wildman–Crippen LogP) is 3.62. The summed E-state index contributed by atoms with van der Waals surface area (Å²) in [6.07, 6.45) is -1.46. The molecule has 2 heterocycles. The van der Waals surface area contributed by atoms with Gasteiger partial charge in [0, 0.05) is 10.6 Å². The molecule has 0 radical (unpaired) electrons. The Morgan fingerprint density at radius 1 is 1.38 bits per heavy atom. The first-order valence-corrected chi connectivity index (χ1v) is 11.1. The van der Waals surface area contributed by atoms with Gasteiger partial charge < -0.3 is 14.8 Å². The van der Waals surface area contributed by atoms with Crippen molar-refractivity contribution >= 4 is 23.3 Å². The van der Waals surface area contributed by atoms with E-state index in [4.69, 9.17) is 21.1 Å². The quantitative estimate of drug-likeness (QED) is 0.625. The fourth-order valence-corrected chi connectivity index (χ4v) is 5.17. The van der Waals surface area contributed by atoms with Crippen LogP contribution in [0.5, 0.6) is 11.5 Å². The minimum Gasteiger partial charge on any atom is -0.485 e. The second kappa shape index (κ2) is 7.88. The molecule has 0 saturated heterocycles. The normalized spacial score (nSPS) is 28.1. The summed E-state index contributed by atoms with van der Waals surface area (Å²) in [6, 6.07) is 4.72. The molecule has 12 heteroatoms. The van der Waals surface area contributed by atoms with Gasteiger partial charge in [-0.1, -0.05) is 11.6 Å². The molecule has 3 saturated carbocycles. The van der Waals surface area contributed by atoms with Crippen LogP contribution in [-0.4, -0.2) is 52.2 Å². The maximum absolute atomic E-state index is 12.8. The van der Waals surface area contributed by atoms with E-state index in [2.05, 4.69) is 15.2 Å². The number of rotatable bonds is 7. The molecule has 34 heavy (non-hydrogen) atoms. The van der Waals surface area contributed by atoms with E-state index in [0.717, 1.165) is 0 Å². The zero-order valence-electron chi connectivity index (χ0n) is 18.0. The summed E-state index contributed by atoms with van der Waals surface area (Å²) >= 11 is 5.93. The van der Waals surface area contributed by atoms with E-state index < -0.39 is 25.2 Å².